The summed E-state index contributed by atoms with van der Waals surface area (Å²) in [7, 11) is 0. The molecule has 1 aromatic carbocycles. The van der Waals surface area contributed by atoms with Crippen molar-refractivity contribution in [3.05, 3.63) is 35.6 Å². The van der Waals surface area contributed by atoms with Crippen LogP contribution in [0.3, 0.4) is 0 Å². The Morgan fingerprint density at radius 1 is 1.39 bits per heavy atom. The summed E-state index contributed by atoms with van der Waals surface area (Å²) in [6.45, 7) is 6.11. The summed E-state index contributed by atoms with van der Waals surface area (Å²) in [4.78, 5) is 4.50. The maximum Gasteiger partial charge on any atom is 0.178 e. The maximum atomic E-state index is 13.1. The number of hydrogen-bond acceptors (Lipinski definition) is 3. The average molecular weight is 265 g/mol. The van der Waals surface area contributed by atoms with Gasteiger partial charge >= 0.3 is 0 Å². The number of nitrogens with zero attached hydrogens (tertiary/aromatic N) is 2. The molecule has 0 atom stereocenters. The molecule has 1 aliphatic rings. The molecule has 1 aromatic rings. The molecule has 3 nitrogen and oxygen atoms in total. The first kappa shape index (κ1) is 13.1. The summed E-state index contributed by atoms with van der Waals surface area (Å²) in [5.74, 6) is 0.458. The predicted molar refractivity (Wildman–Crippen MR) is 75.7 cm³/mol. The summed E-state index contributed by atoms with van der Waals surface area (Å²) in [6.07, 6.45) is 0. The van der Waals surface area contributed by atoms with Gasteiger partial charge in [-0.25, -0.2) is 4.39 Å². The number of benzene rings is 1. The first-order valence-electron chi connectivity index (χ1n) is 5.75. The van der Waals surface area contributed by atoms with Gasteiger partial charge in [-0.05, 0) is 32.9 Å². The molecule has 0 saturated carbocycles. The number of rotatable bonds is 1. The van der Waals surface area contributed by atoms with Crippen molar-refractivity contribution in [2.24, 2.45) is 10.1 Å². The van der Waals surface area contributed by atoms with Crippen molar-refractivity contribution in [3.8, 4) is 0 Å². The van der Waals surface area contributed by atoms with E-state index in [-0.39, 0.29) is 11.4 Å². The molecule has 0 aromatic heterocycles. The quantitative estimate of drug-likeness (QED) is 0.847. The summed E-state index contributed by atoms with van der Waals surface area (Å²) >= 11 is 1.58. The standard InChI is InChI=1S/C13H16FN3S/c1-13(2,3)15-12-17-16-11(8-18-12)9-5-4-6-10(14)7-9/h4-7H,8H2,1-3H3,(H,15,17). The van der Waals surface area contributed by atoms with Crippen LogP contribution in [0.2, 0.25) is 0 Å². The fraction of sp³-hybridized carbons (Fsp3) is 0.385. The first-order valence-corrected chi connectivity index (χ1v) is 6.74. The summed E-state index contributed by atoms with van der Waals surface area (Å²) < 4.78 is 13.1. The third-order valence-corrected chi connectivity index (χ3v) is 3.10. The van der Waals surface area contributed by atoms with Gasteiger partial charge in [-0.1, -0.05) is 23.9 Å². The molecule has 0 unspecified atom stereocenters. The average Bonchev–Trinajstić information content (AvgIpc) is 2.28. The van der Waals surface area contributed by atoms with Crippen LogP contribution in [0.25, 0.3) is 0 Å². The Bertz CT molecular complexity index is 503. The van der Waals surface area contributed by atoms with Crippen LogP contribution in [0, 0.1) is 5.82 Å². The summed E-state index contributed by atoms with van der Waals surface area (Å²) in [5, 5.41) is 5.06. The molecular weight excluding hydrogens is 249 g/mol. The molecule has 2 rings (SSSR count). The maximum absolute atomic E-state index is 13.1. The van der Waals surface area contributed by atoms with E-state index in [9.17, 15) is 4.39 Å². The number of amidine groups is 1. The molecule has 1 aliphatic heterocycles. The van der Waals surface area contributed by atoms with Gasteiger partial charge in [-0.2, -0.15) is 5.10 Å². The predicted octanol–water partition coefficient (Wildman–Crippen LogP) is 3.02. The van der Waals surface area contributed by atoms with E-state index in [0.717, 1.165) is 16.4 Å². The Hall–Kier alpha value is -1.36. The molecule has 5 heteroatoms. The van der Waals surface area contributed by atoms with E-state index in [0.29, 0.717) is 5.75 Å². The van der Waals surface area contributed by atoms with Crippen molar-refractivity contribution in [1.82, 2.24) is 5.43 Å². The fourth-order valence-electron chi connectivity index (χ4n) is 1.49. The Kier molecular flexibility index (Phi) is 3.71. The molecule has 0 fully saturated rings. The number of aliphatic imine (C=N–C) groups is 1. The molecule has 1 N–H and O–H groups in total. The summed E-state index contributed by atoms with van der Waals surface area (Å²) in [6, 6.07) is 6.47. The zero-order chi connectivity index (χ0) is 13.2. The topological polar surface area (TPSA) is 36.8 Å². The normalized spacial score (nSPS) is 18.4. The second kappa shape index (κ2) is 5.10. The fourth-order valence-corrected chi connectivity index (χ4v) is 2.45. The Morgan fingerprint density at radius 2 is 2.17 bits per heavy atom. The molecule has 0 spiro atoms. The summed E-state index contributed by atoms with van der Waals surface area (Å²) in [5.41, 5.74) is 4.45. The lowest BCUT2D eigenvalue weighted by atomic mass is 10.1. The van der Waals surface area contributed by atoms with Crippen LogP contribution < -0.4 is 5.43 Å². The minimum absolute atomic E-state index is 0.124. The SMILES string of the molecule is CC(C)(C)N=C1NN=C(c2cccc(F)c2)CS1. The van der Waals surface area contributed by atoms with Crippen molar-refractivity contribution in [2.75, 3.05) is 5.75 Å². The van der Waals surface area contributed by atoms with E-state index in [1.54, 1.807) is 17.8 Å². The number of nitrogens with one attached hydrogen (secondary N) is 1. The van der Waals surface area contributed by atoms with Crippen molar-refractivity contribution < 1.29 is 4.39 Å². The third-order valence-electron chi connectivity index (χ3n) is 2.23. The highest BCUT2D eigenvalue weighted by Crippen LogP contribution is 2.17. The van der Waals surface area contributed by atoms with Crippen LogP contribution in [0.5, 0.6) is 0 Å². The highest BCUT2D eigenvalue weighted by molar-refractivity contribution is 8.14. The molecule has 0 saturated heterocycles. The van der Waals surface area contributed by atoms with E-state index in [1.165, 1.54) is 12.1 Å². The second-order valence-electron chi connectivity index (χ2n) is 5.06. The van der Waals surface area contributed by atoms with E-state index in [4.69, 9.17) is 0 Å². The van der Waals surface area contributed by atoms with Crippen molar-refractivity contribution in [2.45, 2.75) is 26.3 Å². The van der Waals surface area contributed by atoms with Crippen molar-refractivity contribution in [3.63, 3.8) is 0 Å². The van der Waals surface area contributed by atoms with Crippen LogP contribution in [0.4, 0.5) is 4.39 Å². The molecule has 96 valence electrons. The Balaban J connectivity index is 2.14. The molecule has 0 bridgehead atoms. The number of hydrazone groups is 1. The van der Waals surface area contributed by atoms with Crippen molar-refractivity contribution in [1.29, 1.82) is 0 Å². The lowest BCUT2D eigenvalue weighted by Crippen LogP contribution is -2.28. The van der Waals surface area contributed by atoms with Gasteiger partial charge in [-0.3, -0.25) is 10.4 Å². The molecule has 0 amide bonds. The van der Waals surface area contributed by atoms with E-state index >= 15 is 0 Å². The first-order chi connectivity index (χ1) is 8.44. The van der Waals surface area contributed by atoms with Gasteiger partial charge < -0.3 is 0 Å². The van der Waals surface area contributed by atoms with Crippen molar-refractivity contribution >= 4 is 22.6 Å². The number of thioether (sulfide) groups is 1. The smallest absolute Gasteiger partial charge is 0.178 e. The lowest BCUT2D eigenvalue weighted by molar-refractivity contribution is 0.582. The van der Waals surface area contributed by atoms with Gasteiger partial charge in [-0.15, -0.1) is 0 Å². The largest absolute Gasteiger partial charge is 0.256 e. The lowest BCUT2D eigenvalue weighted by Gasteiger charge is -2.19. The minimum Gasteiger partial charge on any atom is -0.256 e. The van der Waals surface area contributed by atoms with Gasteiger partial charge in [0.2, 0.25) is 0 Å². The zero-order valence-corrected chi connectivity index (χ0v) is 11.5. The van der Waals surface area contributed by atoms with Gasteiger partial charge in [0.1, 0.15) is 5.82 Å². The number of hydrogen-bond donors (Lipinski definition) is 1. The van der Waals surface area contributed by atoms with Gasteiger partial charge in [0.05, 0.1) is 11.3 Å². The Labute approximate surface area is 111 Å². The number of halogens is 1. The van der Waals surface area contributed by atoms with Crippen LogP contribution in [0.1, 0.15) is 26.3 Å². The van der Waals surface area contributed by atoms with Gasteiger partial charge in [0.15, 0.2) is 5.17 Å². The van der Waals surface area contributed by atoms with Crippen LogP contribution in [-0.2, 0) is 0 Å². The van der Waals surface area contributed by atoms with Gasteiger partial charge in [0.25, 0.3) is 0 Å². The van der Waals surface area contributed by atoms with Gasteiger partial charge in [0, 0.05) is 11.3 Å². The molecule has 1 heterocycles. The highest BCUT2D eigenvalue weighted by Gasteiger charge is 2.16. The second-order valence-corrected chi connectivity index (χ2v) is 6.02. The van der Waals surface area contributed by atoms with Crippen LogP contribution in [-0.4, -0.2) is 22.2 Å². The highest BCUT2D eigenvalue weighted by atomic mass is 32.2. The third kappa shape index (κ3) is 3.57. The zero-order valence-electron chi connectivity index (χ0n) is 10.7. The Morgan fingerprint density at radius 3 is 2.72 bits per heavy atom. The van der Waals surface area contributed by atoms with E-state index in [2.05, 4.69) is 15.5 Å². The monoisotopic (exact) mass is 265 g/mol. The molecule has 0 radical (unpaired) electrons. The van der Waals surface area contributed by atoms with E-state index in [1.807, 2.05) is 26.8 Å². The molecule has 18 heavy (non-hydrogen) atoms. The molecule has 0 aliphatic carbocycles. The van der Waals surface area contributed by atoms with Crippen LogP contribution >= 0.6 is 11.8 Å². The minimum atomic E-state index is -0.241. The van der Waals surface area contributed by atoms with E-state index < -0.39 is 0 Å². The molecular formula is C13H16FN3S. The van der Waals surface area contributed by atoms with Crippen LogP contribution in [0.15, 0.2) is 34.4 Å².